The van der Waals surface area contributed by atoms with Crippen LogP contribution in [0.3, 0.4) is 0 Å². The SMILES string of the molecule is CC(C)[C@H]1c2ccc(F)cc2CC[C@]1(O)CC(=O)N(C)C. The fourth-order valence-electron chi connectivity index (χ4n) is 3.49. The van der Waals surface area contributed by atoms with Crippen LogP contribution >= 0.6 is 0 Å². The molecule has 1 aliphatic carbocycles. The van der Waals surface area contributed by atoms with Crippen molar-refractivity contribution in [1.29, 1.82) is 0 Å². The van der Waals surface area contributed by atoms with Crippen molar-refractivity contribution in [2.45, 2.75) is 44.6 Å². The molecule has 3 nitrogen and oxygen atoms in total. The maximum absolute atomic E-state index is 13.4. The van der Waals surface area contributed by atoms with Gasteiger partial charge in [-0.05, 0) is 42.0 Å². The molecule has 0 spiro atoms. The Balaban J connectivity index is 2.40. The number of aryl methyl sites for hydroxylation is 1. The number of nitrogens with zero attached hydrogens (tertiary/aromatic N) is 1. The molecule has 0 radical (unpaired) electrons. The van der Waals surface area contributed by atoms with Gasteiger partial charge in [0, 0.05) is 20.0 Å². The maximum atomic E-state index is 13.4. The second-order valence-electron chi connectivity index (χ2n) is 6.63. The Morgan fingerprint density at radius 2 is 2.14 bits per heavy atom. The first-order valence-electron chi connectivity index (χ1n) is 7.45. The number of benzene rings is 1. The Morgan fingerprint density at radius 3 is 2.71 bits per heavy atom. The number of carbonyl (C=O) groups excluding carboxylic acids is 1. The molecule has 1 aliphatic rings. The van der Waals surface area contributed by atoms with Gasteiger partial charge in [-0.2, -0.15) is 0 Å². The van der Waals surface area contributed by atoms with E-state index in [-0.39, 0.29) is 30.0 Å². The van der Waals surface area contributed by atoms with Gasteiger partial charge in [-0.15, -0.1) is 0 Å². The highest BCUT2D eigenvalue weighted by molar-refractivity contribution is 5.77. The summed E-state index contributed by atoms with van der Waals surface area (Å²) in [7, 11) is 3.39. The minimum atomic E-state index is -1.06. The second kappa shape index (κ2) is 5.76. The molecular weight excluding hydrogens is 269 g/mol. The molecule has 0 saturated heterocycles. The summed E-state index contributed by atoms with van der Waals surface area (Å²) >= 11 is 0. The van der Waals surface area contributed by atoms with E-state index < -0.39 is 5.60 Å². The van der Waals surface area contributed by atoms with Gasteiger partial charge in [-0.1, -0.05) is 19.9 Å². The van der Waals surface area contributed by atoms with Gasteiger partial charge in [0.1, 0.15) is 5.82 Å². The van der Waals surface area contributed by atoms with Crippen molar-refractivity contribution in [3.63, 3.8) is 0 Å². The van der Waals surface area contributed by atoms with Gasteiger partial charge < -0.3 is 10.0 Å². The van der Waals surface area contributed by atoms with Crippen LogP contribution in [0.2, 0.25) is 0 Å². The molecule has 0 saturated carbocycles. The average molecular weight is 293 g/mol. The zero-order chi connectivity index (χ0) is 15.8. The zero-order valence-corrected chi connectivity index (χ0v) is 13.2. The topological polar surface area (TPSA) is 40.5 Å². The van der Waals surface area contributed by atoms with E-state index in [2.05, 4.69) is 0 Å². The normalized spacial score (nSPS) is 24.8. The van der Waals surface area contributed by atoms with Crippen LogP contribution in [0.15, 0.2) is 18.2 Å². The van der Waals surface area contributed by atoms with E-state index in [9.17, 15) is 14.3 Å². The molecule has 2 atom stereocenters. The number of halogens is 1. The summed E-state index contributed by atoms with van der Waals surface area (Å²) in [5, 5.41) is 11.1. The molecule has 21 heavy (non-hydrogen) atoms. The van der Waals surface area contributed by atoms with Crippen molar-refractivity contribution in [3.8, 4) is 0 Å². The molecule has 0 fully saturated rings. The smallest absolute Gasteiger partial charge is 0.224 e. The predicted octanol–water partition coefficient (Wildman–Crippen LogP) is 2.72. The molecule has 1 aromatic carbocycles. The lowest BCUT2D eigenvalue weighted by atomic mass is 9.66. The molecule has 2 rings (SSSR count). The highest BCUT2D eigenvalue weighted by Crippen LogP contribution is 2.45. The number of amides is 1. The third-order valence-electron chi connectivity index (χ3n) is 4.47. The minimum absolute atomic E-state index is 0.0753. The predicted molar refractivity (Wildman–Crippen MR) is 80.6 cm³/mol. The van der Waals surface area contributed by atoms with Crippen LogP contribution in [-0.4, -0.2) is 35.6 Å². The first-order valence-corrected chi connectivity index (χ1v) is 7.45. The summed E-state index contributed by atoms with van der Waals surface area (Å²) in [5.41, 5.74) is 0.878. The van der Waals surface area contributed by atoms with Gasteiger partial charge in [-0.3, -0.25) is 4.79 Å². The highest BCUT2D eigenvalue weighted by Gasteiger charge is 2.44. The van der Waals surface area contributed by atoms with Gasteiger partial charge in [-0.25, -0.2) is 4.39 Å². The second-order valence-corrected chi connectivity index (χ2v) is 6.63. The molecule has 1 amide bonds. The Labute approximate surface area is 125 Å². The van der Waals surface area contributed by atoms with Crippen LogP contribution in [0.4, 0.5) is 4.39 Å². The van der Waals surface area contributed by atoms with Crippen molar-refractivity contribution in [2.24, 2.45) is 5.92 Å². The Morgan fingerprint density at radius 1 is 1.48 bits per heavy atom. The maximum Gasteiger partial charge on any atom is 0.224 e. The van der Waals surface area contributed by atoms with E-state index in [1.165, 1.54) is 11.0 Å². The fourth-order valence-corrected chi connectivity index (χ4v) is 3.49. The van der Waals surface area contributed by atoms with Crippen molar-refractivity contribution in [1.82, 2.24) is 4.90 Å². The molecule has 0 heterocycles. The highest BCUT2D eigenvalue weighted by atomic mass is 19.1. The minimum Gasteiger partial charge on any atom is -0.389 e. The number of fused-ring (bicyclic) bond motifs is 1. The largest absolute Gasteiger partial charge is 0.389 e. The molecule has 0 bridgehead atoms. The monoisotopic (exact) mass is 293 g/mol. The van der Waals surface area contributed by atoms with Crippen molar-refractivity contribution in [2.75, 3.05) is 14.1 Å². The lowest BCUT2D eigenvalue weighted by Gasteiger charge is -2.43. The lowest BCUT2D eigenvalue weighted by Crippen LogP contribution is -2.46. The van der Waals surface area contributed by atoms with Crippen LogP contribution in [0, 0.1) is 11.7 Å². The summed E-state index contributed by atoms with van der Waals surface area (Å²) in [6.07, 6.45) is 1.21. The standard InChI is InChI=1S/C17H24FNO2/c1-11(2)16-14-6-5-13(18)9-12(14)7-8-17(16,21)10-15(20)19(3)4/h5-6,9,11,16,21H,7-8,10H2,1-4H3/t16-,17-/m0/s1. The average Bonchev–Trinajstić information content (AvgIpc) is 2.38. The van der Waals surface area contributed by atoms with E-state index in [0.29, 0.717) is 12.8 Å². The van der Waals surface area contributed by atoms with E-state index in [1.54, 1.807) is 26.2 Å². The van der Waals surface area contributed by atoms with Gasteiger partial charge in [0.05, 0.1) is 12.0 Å². The van der Waals surface area contributed by atoms with Gasteiger partial charge in [0.15, 0.2) is 0 Å². The molecule has 1 N–H and O–H groups in total. The Bertz CT molecular complexity index is 542. The number of rotatable bonds is 3. The number of hydrogen-bond acceptors (Lipinski definition) is 2. The van der Waals surface area contributed by atoms with Crippen molar-refractivity contribution < 1.29 is 14.3 Å². The van der Waals surface area contributed by atoms with Crippen molar-refractivity contribution >= 4 is 5.91 Å². The van der Waals surface area contributed by atoms with Gasteiger partial charge in [0.25, 0.3) is 0 Å². The Kier molecular flexibility index (Phi) is 4.38. The van der Waals surface area contributed by atoms with Crippen LogP contribution in [0.5, 0.6) is 0 Å². The van der Waals surface area contributed by atoms with E-state index in [1.807, 2.05) is 13.8 Å². The zero-order valence-electron chi connectivity index (χ0n) is 13.2. The molecule has 4 heteroatoms. The number of hydrogen-bond donors (Lipinski definition) is 1. The molecule has 116 valence electrons. The van der Waals surface area contributed by atoms with Crippen LogP contribution in [0.25, 0.3) is 0 Å². The third kappa shape index (κ3) is 3.10. The summed E-state index contributed by atoms with van der Waals surface area (Å²) < 4.78 is 13.4. The van der Waals surface area contributed by atoms with Gasteiger partial charge >= 0.3 is 0 Å². The quantitative estimate of drug-likeness (QED) is 0.931. The number of aliphatic hydroxyl groups is 1. The number of carbonyl (C=O) groups is 1. The fraction of sp³-hybridized carbons (Fsp3) is 0.588. The van der Waals surface area contributed by atoms with Crippen molar-refractivity contribution in [3.05, 3.63) is 35.1 Å². The van der Waals surface area contributed by atoms with E-state index >= 15 is 0 Å². The summed E-state index contributed by atoms with van der Waals surface area (Å²) in [6.45, 7) is 4.07. The summed E-state index contributed by atoms with van der Waals surface area (Å²) in [6, 6.07) is 4.76. The van der Waals surface area contributed by atoms with Gasteiger partial charge in [0.2, 0.25) is 5.91 Å². The molecule has 0 unspecified atom stereocenters. The first kappa shape index (κ1) is 16.0. The van der Waals surface area contributed by atoms with Crippen LogP contribution in [0.1, 0.15) is 43.7 Å². The molecule has 0 aliphatic heterocycles. The van der Waals surface area contributed by atoms with E-state index in [0.717, 1.165) is 11.1 Å². The first-order chi connectivity index (χ1) is 9.74. The third-order valence-corrected chi connectivity index (χ3v) is 4.47. The Hall–Kier alpha value is -1.42. The molecule has 0 aromatic heterocycles. The van der Waals surface area contributed by atoms with E-state index in [4.69, 9.17) is 0 Å². The summed E-state index contributed by atoms with van der Waals surface area (Å²) in [4.78, 5) is 13.6. The summed E-state index contributed by atoms with van der Waals surface area (Å²) in [5.74, 6) is -0.292. The van der Waals surface area contributed by atoms with Crippen LogP contribution in [-0.2, 0) is 11.2 Å². The molecule has 1 aromatic rings. The lowest BCUT2D eigenvalue weighted by molar-refractivity contribution is -0.136. The van der Waals surface area contributed by atoms with Crippen LogP contribution < -0.4 is 0 Å². The molecular formula is C17H24FNO2.